The number of fused-ring (bicyclic) bond motifs is 1. The molecule has 4 rings (SSSR count). The monoisotopic (exact) mass is 512 g/mol. The van der Waals surface area contributed by atoms with Crippen LogP contribution in [0.3, 0.4) is 0 Å². The first-order chi connectivity index (χ1) is 16.1. The van der Waals surface area contributed by atoms with E-state index in [0.29, 0.717) is 5.56 Å². The first-order valence-electron chi connectivity index (χ1n) is 10.2. The Labute approximate surface area is 221 Å². The van der Waals surface area contributed by atoms with E-state index in [4.69, 9.17) is 0 Å². The Morgan fingerprint density at radius 3 is 2.26 bits per heavy atom. The van der Waals surface area contributed by atoms with Crippen LogP contribution >= 0.6 is 0 Å². The van der Waals surface area contributed by atoms with Crippen LogP contribution < -0.4 is 10.3 Å². The summed E-state index contributed by atoms with van der Waals surface area (Å²) < 4.78 is 66.2. The number of benzene rings is 3. The zero-order valence-electron chi connectivity index (χ0n) is 17.8. The number of rotatable bonds is 6. The average molecular weight is 512 g/mol. The van der Waals surface area contributed by atoms with Crippen molar-refractivity contribution in [1.82, 2.24) is 20.0 Å². The van der Waals surface area contributed by atoms with Crippen molar-refractivity contribution in [2.24, 2.45) is 0 Å². The molecule has 0 aliphatic rings. The molecular formula is C23H20F3N4NaO3S. The zero-order valence-corrected chi connectivity index (χ0v) is 18.6. The first kappa shape index (κ1) is 26.9. The van der Waals surface area contributed by atoms with E-state index in [1.54, 1.807) is 25.1 Å². The Bertz CT molecular complexity index is 1470. The van der Waals surface area contributed by atoms with Crippen molar-refractivity contribution < 1.29 is 26.4 Å². The fourth-order valence-electron chi connectivity index (χ4n) is 3.31. The van der Waals surface area contributed by atoms with Gasteiger partial charge < -0.3 is 0 Å². The van der Waals surface area contributed by atoms with Crippen LogP contribution in [0.2, 0.25) is 0 Å². The van der Waals surface area contributed by atoms with Crippen LogP contribution in [0.15, 0.2) is 77.7 Å². The maximum atomic E-state index is 13.5. The van der Waals surface area contributed by atoms with Crippen molar-refractivity contribution in [3.05, 3.63) is 78.5 Å². The number of amides is 1. The first-order valence-corrected chi connectivity index (χ1v) is 11.6. The number of halogens is 3. The number of sulfonamides is 1. The third-order valence-corrected chi connectivity index (χ3v) is 6.35. The van der Waals surface area contributed by atoms with Gasteiger partial charge in [0.2, 0.25) is 5.91 Å². The summed E-state index contributed by atoms with van der Waals surface area (Å²) in [4.78, 5) is 13.1. The van der Waals surface area contributed by atoms with Crippen molar-refractivity contribution in [1.29, 1.82) is 0 Å². The molecule has 0 atom stereocenters. The topological polar surface area (TPSA) is 93.1 Å². The molecular weight excluding hydrogens is 492 g/mol. The minimum absolute atomic E-state index is 0. The second-order valence-electron chi connectivity index (χ2n) is 7.39. The van der Waals surface area contributed by atoms with Gasteiger partial charge in [0.05, 0.1) is 16.3 Å². The van der Waals surface area contributed by atoms with Gasteiger partial charge in [-0.25, -0.2) is 13.1 Å². The van der Waals surface area contributed by atoms with Crippen molar-refractivity contribution in [2.75, 3.05) is 0 Å². The molecule has 0 saturated heterocycles. The van der Waals surface area contributed by atoms with Crippen LogP contribution in [-0.2, 0) is 21.0 Å². The SMILES string of the molecule is CCC(=O)NNS(=O)(=O)c1ccc(-n2nc(C(F)(F)F)cc2-c2ccc3ccccc3c2)cc1.[NaH]. The quantitative estimate of drug-likeness (QED) is 0.304. The van der Waals surface area contributed by atoms with Gasteiger partial charge in [-0.3, -0.25) is 10.2 Å². The summed E-state index contributed by atoms with van der Waals surface area (Å²) in [6, 6.07) is 18.8. The molecule has 1 amide bonds. The summed E-state index contributed by atoms with van der Waals surface area (Å²) in [5, 5.41) is 5.53. The number of nitrogens with one attached hydrogen (secondary N) is 2. The molecule has 0 aliphatic heterocycles. The van der Waals surface area contributed by atoms with Gasteiger partial charge in [0, 0.05) is 12.0 Å². The van der Waals surface area contributed by atoms with Gasteiger partial charge in [-0.1, -0.05) is 43.3 Å². The van der Waals surface area contributed by atoms with Crippen LogP contribution in [0.5, 0.6) is 0 Å². The predicted octanol–water partition coefficient (Wildman–Crippen LogP) is 3.78. The third kappa shape index (κ3) is 5.93. The third-order valence-electron chi connectivity index (χ3n) is 5.08. The van der Waals surface area contributed by atoms with E-state index in [2.05, 4.69) is 10.5 Å². The van der Waals surface area contributed by atoms with E-state index in [1.807, 2.05) is 29.1 Å². The van der Waals surface area contributed by atoms with E-state index in [1.165, 1.54) is 24.3 Å². The Hall–Kier alpha value is -2.70. The van der Waals surface area contributed by atoms with Crippen LogP contribution in [0.4, 0.5) is 13.2 Å². The molecule has 2 N–H and O–H groups in total. The molecule has 4 aromatic rings. The van der Waals surface area contributed by atoms with Gasteiger partial charge in [-0.05, 0) is 47.2 Å². The number of aromatic nitrogens is 2. The molecule has 0 radical (unpaired) electrons. The van der Waals surface area contributed by atoms with Crippen molar-refractivity contribution in [3.63, 3.8) is 0 Å². The number of alkyl halides is 3. The molecule has 12 heteroatoms. The summed E-state index contributed by atoms with van der Waals surface area (Å²) >= 11 is 0. The summed E-state index contributed by atoms with van der Waals surface area (Å²) in [6.45, 7) is 1.56. The van der Waals surface area contributed by atoms with E-state index >= 15 is 0 Å². The maximum absolute atomic E-state index is 13.5. The molecule has 0 saturated carbocycles. The van der Waals surface area contributed by atoms with Gasteiger partial charge in [-0.15, -0.1) is 4.83 Å². The van der Waals surface area contributed by atoms with Gasteiger partial charge in [-0.2, -0.15) is 18.3 Å². The van der Waals surface area contributed by atoms with Gasteiger partial charge >= 0.3 is 35.7 Å². The Morgan fingerprint density at radius 1 is 0.971 bits per heavy atom. The number of carbonyl (C=O) groups is 1. The van der Waals surface area contributed by atoms with Gasteiger partial charge in [0.25, 0.3) is 10.0 Å². The molecule has 0 fully saturated rings. The summed E-state index contributed by atoms with van der Waals surface area (Å²) in [7, 11) is -4.06. The summed E-state index contributed by atoms with van der Waals surface area (Å²) in [5.74, 6) is -0.517. The number of hydrogen-bond acceptors (Lipinski definition) is 4. The zero-order chi connectivity index (χ0) is 24.5. The van der Waals surface area contributed by atoms with Crippen LogP contribution in [0, 0.1) is 0 Å². The normalized spacial score (nSPS) is 11.8. The predicted molar refractivity (Wildman–Crippen MR) is 127 cm³/mol. The van der Waals surface area contributed by atoms with Crippen LogP contribution in [-0.4, -0.2) is 53.7 Å². The fourth-order valence-corrected chi connectivity index (χ4v) is 4.17. The van der Waals surface area contributed by atoms with Gasteiger partial charge in [0.15, 0.2) is 5.69 Å². The number of carbonyl (C=O) groups excluding carboxylic acids is 1. The van der Waals surface area contributed by atoms with E-state index < -0.39 is 27.8 Å². The average Bonchev–Trinajstić information content (AvgIpc) is 3.28. The molecule has 0 aliphatic carbocycles. The van der Waals surface area contributed by atoms with Crippen LogP contribution in [0.25, 0.3) is 27.7 Å². The molecule has 0 spiro atoms. The molecule has 1 aromatic heterocycles. The van der Waals surface area contributed by atoms with Crippen LogP contribution in [0.1, 0.15) is 19.0 Å². The summed E-state index contributed by atoms with van der Waals surface area (Å²) in [5.41, 5.74) is 1.93. The summed E-state index contributed by atoms with van der Waals surface area (Å²) in [6.07, 6.45) is -4.58. The standard InChI is InChI=1S/C23H19F3N4O3S.Na.H/c1-2-22(31)27-29-34(32,33)19-11-9-18(10-12-19)30-20(14-21(28-30)23(24,25)26)17-8-7-15-5-3-4-6-16(15)13-17;;/h3-14,29H,2H2,1H3,(H,27,31);;. The van der Waals surface area contributed by atoms with E-state index in [0.717, 1.165) is 21.5 Å². The fraction of sp³-hybridized carbons (Fsp3) is 0.130. The van der Waals surface area contributed by atoms with E-state index in [-0.39, 0.29) is 52.3 Å². The molecule has 3 aromatic carbocycles. The molecule has 178 valence electrons. The van der Waals surface area contributed by atoms with Crippen molar-refractivity contribution in [2.45, 2.75) is 24.4 Å². The number of nitrogens with zero attached hydrogens (tertiary/aromatic N) is 2. The molecule has 35 heavy (non-hydrogen) atoms. The second-order valence-corrected chi connectivity index (χ2v) is 9.07. The molecule has 1 heterocycles. The second kappa shape index (κ2) is 10.5. The molecule has 0 unspecified atom stereocenters. The molecule has 7 nitrogen and oxygen atoms in total. The Kier molecular flexibility index (Phi) is 8.07. The Morgan fingerprint density at radius 2 is 1.63 bits per heavy atom. The minimum atomic E-state index is -4.67. The number of hydrogen-bond donors (Lipinski definition) is 2. The van der Waals surface area contributed by atoms with Gasteiger partial charge in [0.1, 0.15) is 0 Å². The number of hydrazine groups is 1. The van der Waals surface area contributed by atoms with Crippen molar-refractivity contribution in [3.8, 4) is 16.9 Å². The Balaban J connectivity index is 0.00000342. The van der Waals surface area contributed by atoms with E-state index in [9.17, 15) is 26.4 Å². The molecule has 0 bridgehead atoms. The van der Waals surface area contributed by atoms with Crippen molar-refractivity contribution >= 4 is 56.3 Å².